The van der Waals surface area contributed by atoms with E-state index in [1.54, 1.807) is 19.3 Å². The molecule has 0 saturated carbocycles. The van der Waals surface area contributed by atoms with Crippen LogP contribution in [-0.2, 0) is 14.3 Å². The predicted molar refractivity (Wildman–Crippen MR) is 87.1 cm³/mol. The molecule has 1 N–H and O–H groups in total. The summed E-state index contributed by atoms with van der Waals surface area (Å²) in [5.74, 6) is -1.12. The number of hydrogen-bond acceptors (Lipinski definition) is 5. The van der Waals surface area contributed by atoms with Crippen LogP contribution < -0.4 is 5.32 Å². The van der Waals surface area contributed by atoms with Crippen LogP contribution in [0.25, 0.3) is 0 Å². The smallest absolute Gasteiger partial charge is 0.257 e. The predicted octanol–water partition coefficient (Wildman–Crippen LogP) is 2.13. The molecule has 8 heteroatoms. The van der Waals surface area contributed by atoms with Gasteiger partial charge in [-0.25, -0.2) is 9.37 Å². The molecule has 1 aliphatic heterocycles. The lowest BCUT2D eigenvalue weighted by Crippen LogP contribution is -2.51. The first kappa shape index (κ1) is 16.5. The highest BCUT2D eigenvalue weighted by Crippen LogP contribution is 2.30. The lowest BCUT2D eigenvalue weighted by atomic mass is 9.97. The highest BCUT2D eigenvalue weighted by molar-refractivity contribution is 7.15. The van der Waals surface area contributed by atoms with Crippen LogP contribution in [0, 0.1) is 12.7 Å². The third kappa shape index (κ3) is 3.29. The Labute approximate surface area is 142 Å². The van der Waals surface area contributed by atoms with Gasteiger partial charge in [0.05, 0.1) is 6.04 Å². The van der Waals surface area contributed by atoms with Crippen molar-refractivity contribution >= 4 is 28.3 Å². The van der Waals surface area contributed by atoms with E-state index >= 15 is 0 Å². The van der Waals surface area contributed by atoms with E-state index in [1.165, 1.54) is 34.4 Å². The van der Waals surface area contributed by atoms with Gasteiger partial charge >= 0.3 is 0 Å². The molecule has 2 atom stereocenters. The van der Waals surface area contributed by atoms with Crippen molar-refractivity contribution in [2.75, 3.05) is 19.0 Å². The quantitative estimate of drug-likeness (QED) is 0.921. The lowest BCUT2D eigenvalue weighted by molar-refractivity contribution is -0.160. The van der Waals surface area contributed by atoms with Crippen LogP contribution in [0.3, 0.4) is 0 Å². The monoisotopic (exact) mass is 349 g/mol. The fraction of sp³-hybridized carbons (Fsp3) is 0.312. The number of amides is 2. The molecule has 126 valence electrons. The molecule has 1 aliphatic rings. The minimum Gasteiger partial charge on any atom is -0.356 e. The third-order valence-corrected chi connectivity index (χ3v) is 4.61. The minimum absolute atomic E-state index is 0.197. The number of likely N-dealkylation sites (N-methyl/N-ethyl adjacent to an activating group) is 1. The summed E-state index contributed by atoms with van der Waals surface area (Å²) in [5, 5.41) is 3.15. The van der Waals surface area contributed by atoms with E-state index in [1.807, 2.05) is 6.92 Å². The zero-order chi connectivity index (χ0) is 17.3. The Morgan fingerprint density at radius 1 is 1.50 bits per heavy atom. The number of aromatic nitrogens is 1. The molecule has 0 bridgehead atoms. The Kier molecular flexibility index (Phi) is 4.59. The molecule has 2 aromatic rings. The molecule has 2 amide bonds. The zero-order valence-electron chi connectivity index (χ0n) is 13.2. The van der Waals surface area contributed by atoms with Crippen molar-refractivity contribution in [2.24, 2.45) is 0 Å². The molecule has 0 spiro atoms. The van der Waals surface area contributed by atoms with Crippen LogP contribution in [0.15, 0.2) is 30.5 Å². The van der Waals surface area contributed by atoms with Crippen molar-refractivity contribution in [3.05, 3.63) is 46.7 Å². The average molecular weight is 349 g/mol. The van der Waals surface area contributed by atoms with Gasteiger partial charge in [-0.2, -0.15) is 0 Å². The van der Waals surface area contributed by atoms with Gasteiger partial charge in [0.2, 0.25) is 5.91 Å². The molecule has 1 saturated heterocycles. The van der Waals surface area contributed by atoms with E-state index in [0.29, 0.717) is 10.7 Å². The van der Waals surface area contributed by atoms with Crippen LogP contribution in [0.4, 0.5) is 9.52 Å². The number of carbonyl (C=O) groups is 2. The van der Waals surface area contributed by atoms with Crippen molar-refractivity contribution in [1.82, 2.24) is 9.88 Å². The summed E-state index contributed by atoms with van der Waals surface area (Å²) in [5.41, 5.74) is 0.501. The Hall–Kier alpha value is -2.32. The van der Waals surface area contributed by atoms with E-state index in [4.69, 9.17) is 4.74 Å². The molecule has 3 rings (SSSR count). The van der Waals surface area contributed by atoms with Crippen LogP contribution in [0.2, 0.25) is 0 Å². The van der Waals surface area contributed by atoms with Gasteiger partial charge in [-0.3, -0.25) is 14.9 Å². The summed E-state index contributed by atoms with van der Waals surface area (Å²) >= 11 is 1.34. The number of anilines is 1. The Balaban J connectivity index is 1.88. The fourth-order valence-electron chi connectivity index (χ4n) is 2.61. The van der Waals surface area contributed by atoms with Crippen molar-refractivity contribution in [1.29, 1.82) is 0 Å². The second-order valence-corrected chi connectivity index (χ2v) is 6.74. The van der Waals surface area contributed by atoms with Crippen molar-refractivity contribution in [2.45, 2.75) is 19.1 Å². The van der Waals surface area contributed by atoms with Crippen LogP contribution in [-0.4, -0.2) is 41.5 Å². The van der Waals surface area contributed by atoms with Gasteiger partial charge in [0, 0.05) is 18.1 Å². The Morgan fingerprint density at radius 2 is 2.29 bits per heavy atom. The van der Waals surface area contributed by atoms with Crippen molar-refractivity contribution in [3.8, 4) is 0 Å². The molecule has 0 aliphatic carbocycles. The van der Waals surface area contributed by atoms with E-state index < -0.39 is 23.9 Å². The Morgan fingerprint density at radius 3 is 2.96 bits per heavy atom. The van der Waals surface area contributed by atoms with Gasteiger partial charge in [0.15, 0.2) is 11.2 Å². The lowest BCUT2D eigenvalue weighted by Gasteiger charge is -2.38. The largest absolute Gasteiger partial charge is 0.356 e. The molecule has 1 fully saturated rings. The number of rotatable bonds is 3. The zero-order valence-corrected chi connectivity index (χ0v) is 14.0. The SMILES string of the molecule is Cc1cnc(NC(=O)[C@@H]2OCC(=O)N(C)[C@H]2c2cccc(F)c2)s1. The summed E-state index contributed by atoms with van der Waals surface area (Å²) in [6, 6.07) is 5.11. The summed E-state index contributed by atoms with van der Waals surface area (Å²) in [7, 11) is 1.58. The molecule has 2 heterocycles. The fourth-order valence-corrected chi connectivity index (χ4v) is 3.28. The first-order chi connectivity index (χ1) is 11.5. The average Bonchev–Trinajstić information content (AvgIpc) is 2.94. The number of thiazole rings is 1. The van der Waals surface area contributed by atoms with Crippen molar-refractivity contribution < 1.29 is 18.7 Å². The molecule has 24 heavy (non-hydrogen) atoms. The number of halogens is 1. The van der Waals surface area contributed by atoms with Gasteiger partial charge in [0.25, 0.3) is 5.91 Å². The van der Waals surface area contributed by atoms with Crippen LogP contribution in [0.1, 0.15) is 16.5 Å². The molecule has 1 aromatic carbocycles. The highest BCUT2D eigenvalue weighted by atomic mass is 32.1. The standard InChI is InChI=1S/C16H16FN3O3S/c1-9-7-18-16(24-9)19-15(22)14-13(20(2)12(21)8-23-14)10-4-3-5-11(17)6-10/h3-7,13-14H,8H2,1-2H3,(H,18,19,22)/t13-,14+/m0/s1. The molecular formula is C16H16FN3O3S. The maximum Gasteiger partial charge on any atom is 0.257 e. The number of morpholine rings is 1. The number of nitrogens with zero attached hydrogens (tertiary/aromatic N) is 2. The number of aryl methyl sites for hydroxylation is 1. The maximum atomic E-state index is 13.6. The van der Waals surface area contributed by atoms with Crippen LogP contribution >= 0.6 is 11.3 Å². The van der Waals surface area contributed by atoms with Crippen LogP contribution in [0.5, 0.6) is 0 Å². The summed E-state index contributed by atoms with van der Waals surface area (Å²) in [6.45, 7) is 1.68. The molecule has 0 radical (unpaired) electrons. The number of nitrogens with one attached hydrogen (secondary N) is 1. The number of benzene rings is 1. The molecule has 6 nitrogen and oxygen atoms in total. The number of ether oxygens (including phenoxy) is 1. The third-order valence-electron chi connectivity index (χ3n) is 3.78. The van der Waals surface area contributed by atoms with Gasteiger partial charge in [-0.15, -0.1) is 11.3 Å². The molecular weight excluding hydrogens is 333 g/mol. The van der Waals surface area contributed by atoms with Crippen molar-refractivity contribution in [3.63, 3.8) is 0 Å². The first-order valence-electron chi connectivity index (χ1n) is 7.31. The normalized spacial score (nSPS) is 21.0. The van der Waals surface area contributed by atoms with Gasteiger partial charge < -0.3 is 9.64 Å². The van der Waals surface area contributed by atoms with E-state index in [-0.39, 0.29) is 12.5 Å². The highest BCUT2D eigenvalue weighted by Gasteiger charge is 2.40. The topological polar surface area (TPSA) is 71.5 Å². The van der Waals surface area contributed by atoms with E-state index in [9.17, 15) is 14.0 Å². The number of hydrogen-bond donors (Lipinski definition) is 1. The number of carbonyl (C=O) groups excluding carboxylic acids is 2. The van der Waals surface area contributed by atoms with Gasteiger partial charge in [-0.1, -0.05) is 12.1 Å². The second kappa shape index (κ2) is 6.66. The second-order valence-electron chi connectivity index (χ2n) is 5.50. The summed E-state index contributed by atoms with van der Waals surface area (Å²) in [6.07, 6.45) is 0.709. The van der Waals surface area contributed by atoms with E-state index in [2.05, 4.69) is 10.3 Å². The molecule has 1 aromatic heterocycles. The molecule has 0 unspecified atom stereocenters. The van der Waals surface area contributed by atoms with Gasteiger partial charge in [0.1, 0.15) is 12.4 Å². The summed E-state index contributed by atoms with van der Waals surface area (Å²) < 4.78 is 19.0. The Bertz CT molecular complexity index is 779. The summed E-state index contributed by atoms with van der Waals surface area (Å²) in [4.78, 5) is 31.0. The minimum atomic E-state index is -0.946. The van der Waals surface area contributed by atoms with Gasteiger partial charge in [-0.05, 0) is 24.6 Å². The van der Waals surface area contributed by atoms with E-state index in [0.717, 1.165) is 4.88 Å². The maximum absolute atomic E-state index is 13.6. The first-order valence-corrected chi connectivity index (χ1v) is 8.13.